The highest BCUT2D eigenvalue weighted by molar-refractivity contribution is 5.81. The quantitative estimate of drug-likeness (QED) is 0.752. The van der Waals surface area contributed by atoms with Crippen molar-refractivity contribution in [2.24, 2.45) is 13.0 Å². The first-order valence-electron chi connectivity index (χ1n) is 7.57. The molecule has 0 atom stereocenters. The zero-order valence-electron chi connectivity index (χ0n) is 14.2. The van der Waals surface area contributed by atoms with Gasteiger partial charge in [0.25, 0.3) is 0 Å². The van der Waals surface area contributed by atoms with E-state index in [0.717, 1.165) is 30.2 Å². The highest BCUT2D eigenvalue weighted by atomic mass is 16.2. The highest BCUT2D eigenvalue weighted by Gasteiger charge is 2.18. The zero-order valence-corrected chi connectivity index (χ0v) is 14.2. The molecule has 6 heteroatoms. The average molecular weight is 295 g/mol. The third-order valence-electron chi connectivity index (χ3n) is 3.31. The smallest absolute Gasteiger partial charge is 0.239 e. The van der Waals surface area contributed by atoms with Gasteiger partial charge >= 0.3 is 0 Å². The summed E-state index contributed by atoms with van der Waals surface area (Å²) in [6, 6.07) is 0. The van der Waals surface area contributed by atoms with E-state index in [1.807, 2.05) is 30.6 Å². The molecule has 0 aliphatic heterocycles. The first-order valence-corrected chi connectivity index (χ1v) is 7.57. The van der Waals surface area contributed by atoms with Crippen LogP contribution in [0, 0.1) is 12.8 Å². The normalized spacial score (nSPS) is 11.0. The fraction of sp³-hybridized carbons (Fsp3) is 0.733. The summed E-state index contributed by atoms with van der Waals surface area (Å²) in [5, 5.41) is 10.7. The fourth-order valence-corrected chi connectivity index (χ4v) is 2.29. The second-order valence-electron chi connectivity index (χ2n) is 5.85. The van der Waals surface area contributed by atoms with E-state index in [9.17, 15) is 4.79 Å². The van der Waals surface area contributed by atoms with Crippen molar-refractivity contribution >= 4 is 11.7 Å². The number of amides is 1. The second-order valence-corrected chi connectivity index (χ2v) is 5.85. The van der Waals surface area contributed by atoms with Gasteiger partial charge in [-0.05, 0) is 19.4 Å². The number of carbonyl (C=O) groups excluding carboxylic acids is 1. The van der Waals surface area contributed by atoms with Gasteiger partial charge in [-0.3, -0.25) is 9.48 Å². The molecule has 1 aromatic heterocycles. The topological polar surface area (TPSA) is 62.2 Å². The molecule has 0 spiro atoms. The number of anilines is 1. The number of nitrogens with zero attached hydrogens (tertiary/aromatic N) is 3. The Morgan fingerprint density at radius 3 is 2.67 bits per heavy atom. The Hall–Kier alpha value is -1.56. The molecule has 1 rings (SSSR count). The van der Waals surface area contributed by atoms with Crippen LogP contribution >= 0.6 is 0 Å². The van der Waals surface area contributed by atoms with E-state index in [1.54, 1.807) is 0 Å². The average Bonchev–Trinajstić information content (AvgIpc) is 2.68. The van der Waals surface area contributed by atoms with Crippen molar-refractivity contribution < 1.29 is 4.79 Å². The van der Waals surface area contributed by atoms with Crippen LogP contribution in [0.1, 0.15) is 32.0 Å². The molecular formula is C15H29N5O. The van der Waals surface area contributed by atoms with Gasteiger partial charge in [0.15, 0.2) is 0 Å². The number of aryl methyl sites for hydroxylation is 2. The van der Waals surface area contributed by atoms with Crippen LogP contribution in [-0.2, 0) is 18.4 Å². The second kappa shape index (κ2) is 8.02. The van der Waals surface area contributed by atoms with Crippen LogP contribution in [0.3, 0.4) is 0 Å². The first kappa shape index (κ1) is 17.5. The molecule has 0 radical (unpaired) electrons. The molecule has 1 heterocycles. The van der Waals surface area contributed by atoms with Gasteiger partial charge < -0.3 is 15.5 Å². The van der Waals surface area contributed by atoms with Crippen LogP contribution in [0.2, 0.25) is 0 Å². The van der Waals surface area contributed by atoms with Crippen LogP contribution in [0.25, 0.3) is 0 Å². The summed E-state index contributed by atoms with van der Waals surface area (Å²) < 4.78 is 1.84. The van der Waals surface area contributed by atoms with Gasteiger partial charge in [0, 0.05) is 32.7 Å². The molecular weight excluding hydrogens is 266 g/mol. The summed E-state index contributed by atoms with van der Waals surface area (Å²) in [4.78, 5) is 13.9. The lowest BCUT2D eigenvalue weighted by Gasteiger charge is -2.21. The summed E-state index contributed by atoms with van der Waals surface area (Å²) in [5.41, 5.74) is 2.15. The Morgan fingerprint density at radius 1 is 1.43 bits per heavy atom. The van der Waals surface area contributed by atoms with Gasteiger partial charge in [-0.25, -0.2) is 0 Å². The molecule has 0 saturated heterocycles. The maximum Gasteiger partial charge on any atom is 0.239 e. The Bertz CT molecular complexity index is 467. The van der Waals surface area contributed by atoms with Gasteiger partial charge in [-0.2, -0.15) is 5.10 Å². The molecule has 0 unspecified atom stereocenters. The predicted molar refractivity (Wildman–Crippen MR) is 86.4 cm³/mol. The largest absolute Gasteiger partial charge is 0.354 e. The van der Waals surface area contributed by atoms with Crippen molar-refractivity contribution in [3.05, 3.63) is 11.3 Å². The van der Waals surface area contributed by atoms with Gasteiger partial charge in [-0.15, -0.1) is 0 Å². The Morgan fingerprint density at radius 2 is 2.10 bits per heavy atom. The molecule has 0 bridgehead atoms. The first-order chi connectivity index (χ1) is 9.86. The number of rotatable bonds is 8. The zero-order chi connectivity index (χ0) is 16.0. The summed E-state index contributed by atoms with van der Waals surface area (Å²) in [6.45, 7) is 11.0. The van der Waals surface area contributed by atoms with Gasteiger partial charge in [0.05, 0.1) is 12.2 Å². The molecule has 21 heavy (non-hydrogen) atoms. The van der Waals surface area contributed by atoms with Gasteiger partial charge in [0.1, 0.15) is 5.82 Å². The SMILES string of the molecule is CCNCc1c(C)nn(C)c1N(C)CC(=O)NCC(C)C. The Balaban J connectivity index is 2.76. The third-order valence-corrected chi connectivity index (χ3v) is 3.31. The molecule has 0 fully saturated rings. The van der Waals surface area contributed by atoms with E-state index in [0.29, 0.717) is 19.0 Å². The number of nitrogens with one attached hydrogen (secondary N) is 2. The lowest BCUT2D eigenvalue weighted by Crippen LogP contribution is -2.38. The molecule has 0 aliphatic rings. The molecule has 0 aliphatic carbocycles. The van der Waals surface area contributed by atoms with Crippen molar-refractivity contribution in [2.45, 2.75) is 34.2 Å². The minimum absolute atomic E-state index is 0.0412. The van der Waals surface area contributed by atoms with E-state index in [2.05, 4.69) is 36.5 Å². The minimum Gasteiger partial charge on any atom is -0.354 e. The lowest BCUT2D eigenvalue weighted by molar-refractivity contribution is -0.119. The number of aromatic nitrogens is 2. The van der Waals surface area contributed by atoms with Crippen molar-refractivity contribution in [2.75, 3.05) is 31.6 Å². The molecule has 0 saturated carbocycles. The molecule has 2 N–H and O–H groups in total. The van der Waals surface area contributed by atoms with Crippen LogP contribution < -0.4 is 15.5 Å². The molecule has 120 valence electrons. The summed E-state index contributed by atoms with van der Waals surface area (Å²) in [6.07, 6.45) is 0. The summed E-state index contributed by atoms with van der Waals surface area (Å²) >= 11 is 0. The van der Waals surface area contributed by atoms with Crippen molar-refractivity contribution in [3.63, 3.8) is 0 Å². The summed E-state index contributed by atoms with van der Waals surface area (Å²) in [7, 11) is 3.85. The van der Waals surface area contributed by atoms with Gasteiger partial charge in [0.2, 0.25) is 5.91 Å². The predicted octanol–water partition coefficient (Wildman–Crippen LogP) is 1.05. The number of likely N-dealkylation sites (N-methyl/N-ethyl adjacent to an activating group) is 1. The highest BCUT2D eigenvalue weighted by Crippen LogP contribution is 2.21. The lowest BCUT2D eigenvalue weighted by atomic mass is 10.2. The van der Waals surface area contributed by atoms with E-state index >= 15 is 0 Å². The van der Waals surface area contributed by atoms with E-state index in [1.165, 1.54) is 0 Å². The Kier molecular flexibility index (Phi) is 6.68. The maximum absolute atomic E-state index is 12.0. The van der Waals surface area contributed by atoms with E-state index < -0.39 is 0 Å². The van der Waals surface area contributed by atoms with Crippen LogP contribution in [0.5, 0.6) is 0 Å². The van der Waals surface area contributed by atoms with Crippen LogP contribution in [-0.4, -0.2) is 42.4 Å². The minimum atomic E-state index is 0.0412. The monoisotopic (exact) mass is 295 g/mol. The molecule has 0 aromatic carbocycles. The molecule has 1 amide bonds. The van der Waals surface area contributed by atoms with Crippen LogP contribution in [0.15, 0.2) is 0 Å². The van der Waals surface area contributed by atoms with Crippen LogP contribution in [0.4, 0.5) is 5.82 Å². The maximum atomic E-state index is 12.0. The Labute approximate surface area is 127 Å². The van der Waals surface area contributed by atoms with Crippen molar-refractivity contribution in [1.82, 2.24) is 20.4 Å². The summed E-state index contributed by atoms with van der Waals surface area (Å²) in [5.74, 6) is 1.50. The number of hydrogen-bond donors (Lipinski definition) is 2. The van der Waals surface area contributed by atoms with Gasteiger partial charge in [-0.1, -0.05) is 20.8 Å². The molecule has 1 aromatic rings. The van der Waals surface area contributed by atoms with Crippen molar-refractivity contribution in [1.29, 1.82) is 0 Å². The fourth-order valence-electron chi connectivity index (χ4n) is 2.29. The number of carbonyl (C=O) groups is 1. The standard InChI is InChI=1S/C15H29N5O/c1-7-16-9-13-12(4)18-20(6)15(13)19(5)10-14(21)17-8-11(2)3/h11,16H,7-10H2,1-6H3,(H,17,21). The third kappa shape index (κ3) is 5.04. The molecule has 6 nitrogen and oxygen atoms in total. The van der Waals surface area contributed by atoms with E-state index in [-0.39, 0.29) is 5.91 Å². The van der Waals surface area contributed by atoms with E-state index in [4.69, 9.17) is 0 Å². The van der Waals surface area contributed by atoms with Crippen molar-refractivity contribution in [3.8, 4) is 0 Å². The number of hydrogen-bond acceptors (Lipinski definition) is 4.